The predicted octanol–water partition coefficient (Wildman–Crippen LogP) is 2.20. The second kappa shape index (κ2) is 6.18. The first-order valence-electron chi connectivity index (χ1n) is 6.61. The number of benzene rings is 1. The van der Waals surface area contributed by atoms with Gasteiger partial charge in [-0.25, -0.2) is 4.68 Å². The molecular weight excluding hydrogens is 254 g/mol. The Hall–Kier alpha value is -2.37. The second-order valence-electron chi connectivity index (χ2n) is 4.64. The molecule has 0 unspecified atom stereocenters. The molecule has 0 atom stereocenters. The van der Waals surface area contributed by atoms with Gasteiger partial charge in [-0.3, -0.25) is 10.1 Å². The molecule has 0 radical (unpaired) electrons. The molecule has 2 aromatic rings. The van der Waals surface area contributed by atoms with E-state index in [1.165, 1.54) is 11.0 Å². The Morgan fingerprint density at radius 2 is 2.20 bits per heavy atom. The largest absolute Gasteiger partial charge is 0.384 e. The van der Waals surface area contributed by atoms with Crippen molar-refractivity contribution in [2.75, 3.05) is 17.2 Å². The van der Waals surface area contributed by atoms with Gasteiger partial charge >= 0.3 is 0 Å². The number of anilines is 2. The molecule has 106 valence electrons. The van der Waals surface area contributed by atoms with Crippen LogP contribution in [0.1, 0.15) is 29.3 Å². The molecular formula is C14H19N5O. The smallest absolute Gasteiger partial charge is 0.260 e. The first-order chi connectivity index (χ1) is 9.61. The number of carbonyl (C=O) groups excluding carboxylic acids is 1. The third kappa shape index (κ3) is 3.14. The van der Waals surface area contributed by atoms with Crippen molar-refractivity contribution in [3.63, 3.8) is 0 Å². The average molecular weight is 273 g/mol. The van der Waals surface area contributed by atoms with Crippen LogP contribution >= 0.6 is 0 Å². The van der Waals surface area contributed by atoms with Gasteiger partial charge in [0.1, 0.15) is 6.33 Å². The van der Waals surface area contributed by atoms with E-state index in [-0.39, 0.29) is 5.91 Å². The Labute approximate surface area is 118 Å². The molecule has 0 aliphatic heterocycles. The van der Waals surface area contributed by atoms with Gasteiger partial charge in [0.05, 0.1) is 5.56 Å². The van der Waals surface area contributed by atoms with Crippen LogP contribution in [0.4, 0.5) is 11.6 Å². The van der Waals surface area contributed by atoms with Crippen molar-refractivity contribution in [1.29, 1.82) is 0 Å². The zero-order valence-corrected chi connectivity index (χ0v) is 12.0. The molecule has 0 saturated heterocycles. The van der Waals surface area contributed by atoms with Crippen LogP contribution in [0.25, 0.3) is 0 Å². The normalized spacial score (nSPS) is 10.3. The maximum Gasteiger partial charge on any atom is 0.260 e. The van der Waals surface area contributed by atoms with Gasteiger partial charge in [0.15, 0.2) is 0 Å². The second-order valence-corrected chi connectivity index (χ2v) is 4.64. The molecule has 0 spiro atoms. The molecule has 6 heteroatoms. The van der Waals surface area contributed by atoms with Crippen molar-refractivity contribution in [2.24, 2.45) is 7.05 Å². The van der Waals surface area contributed by atoms with Crippen LogP contribution in [0.3, 0.4) is 0 Å². The van der Waals surface area contributed by atoms with E-state index >= 15 is 0 Å². The van der Waals surface area contributed by atoms with Gasteiger partial charge in [0.25, 0.3) is 5.91 Å². The average Bonchev–Trinajstić information content (AvgIpc) is 2.82. The molecule has 0 aliphatic rings. The number of hydrogen-bond donors (Lipinski definition) is 2. The fourth-order valence-corrected chi connectivity index (χ4v) is 1.84. The highest BCUT2D eigenvalue weighted by atomic mass is 16.1. The molecule has 1 aromatic carbocycles. The minimum Gasteiger partial charge on any atom is -0.384 e. The number of carbonyl (C=O) groups is 1. The van der Waals surface area contributed by atoms with Crippen LogP contribution in [0.15, 0.2) is 24.5 Å². The zero-order chi connectivity index (χ0) is 14.5. The predicted molar refractivity (Wildman–Crippen MR) is 78.9 cm³/mol. The molecule has 1 heterocycles. The third-order valence-electron chi connectivity index (χ3n) is 2.92. The maximum atomic E-state index is 12.3. The summed E-state index contributed by atoms with van der Waals surface area (Å²) >= 11 is 0. The maximum absolute atomic E-state index is 12.3. The lowest BCUT2D eigenvalue weighted by molar-refractivity contribution is 0.102. The Kier molecular flexibility index (Phi) is 4.34. The van der Waals surface area contributed by atoms with E-state index in [0.717, 1.165) is 24.2 Å². The van der Waals surface area contributed by atoms with Crippen LogP contribution in [0.5, 0.6) is 0 Å². The van der Waals surface area contributed by atoms with Crippen LogP contribution < -0.4 is 10.6 Å². The van der Waals surface area contributed by atoms with Crippen molar-refractivity contribution in [3.05, 3.63) is 35.7 Å². The highest BCUT2D eigenvalue weighted by molar-refractivity contribution is 6.07. The van der Waals surface area contributed by atoms with E-state index in [1.54, 1.807) is 7.05 Å². The summed E-state index contributed by atoms with van der Waals surface area (Å²) in [6, 6.07) is 5.71. The summed E-state index contributed by atoms with van der Waals surface area (Å²) in [6.07, 6.45) is 2.40. The number of hydrogen-bond acceptors (Lipinski definition) is 4. The molecule has 0 saturated carbocycles. The Morgan fingerprint density at radius 3 is 2.85 bits per heavy atom. The van der Waals surface area contributed by atoms with Crippen LogP contribution in [-0.4, -0.2) is 27.2 Å². The highest BCUT2D eigenvalue weighted by Crippen LogP contribution is 2.19. The first kappa shape index (κ1) is 14.0. The van der Waals surface area contributed by atoms with Crippen molar-refractivity contribution in [3.8, 4) is 0 Å². The van der Waals surface area contributed by atoms with E-state index in [9.17, 15) is 4.79 Å². The van der Waals surface area contributed by atoms with Gasteiger partial charge < -0.3 is 5.32 Å². The number of amides is 1. The summed E-state index contributed by atoms with van der Waals surface area (Å²) < 4.78 is 1.52. The SMILES string of the molecule is CCCNc1cc(C)ccc1C(=O)Nc1ncnn1C. The summed E-state index contributed by atoms with van der Waals surface area (Å²) in [4.78, 5) is 16.3. The molecule has 2 N–H and O–H groups in total. The number of nitrogens with zero attached hydrogens (tertiary/aromatic N) is 3. The monoisotopic (exact) mass is 273 g/mol. The quantitative estimate of drug-likeness (QED) is 0.876. The van der Waals surface area contributed by atoms with E-state index in [2.05, 4.69) is 27.6 Å². The summed E-state index contributed by atoms with van der Waals surface area (Å²) in [5.41, 5.74) is 2.55. The lowest BCUT2D eigenvalue weighted by Crippen LogP contribution is -2.17. The number of aryl methyl sites for hydroxylation is 2. The minimum absolute atomic E-state index is 0.195. The molecule has 6 nitrogen and oxygen atoms in total. The van der Waals surface area contributed by atoms with E-state index in [4.69, 9.17) is 0 Å². The van der Waals surface area contributed by atoms with Gasteiger partial charge in [-0.05, 0) is 31.0 Å². The number of aromatic nitrogens is 3. The molecule has 0 bridgehead atoms. The number of rotatable bonds is 5. The molecule has 20 heavy (non-hydrogen) atoms. The summed E-state index contributed by atoms with van der Waals surface area (Å²) in [5.74, 6) is 0.233. The van der Waals surface area contributed by atoms with E-state index in [1.807, 2.05) is 25.1 Å². The van der Waals surface area contributed by atoms with Gasteiger partial charge in [-0.2, -0.15) is 10.1 Å². The Morgan fingerprint density at radius 1 is 1.40 bits per heavy atom. The van der Waals surface area contributed by atoms with E-state index < -0.39 is 0 Å². The summed E-state index contributed by atoms with van der Waals surface area (Å²) in [6.45, 7) is 4.91. The topological polar surface area (TPSA) is 71.8 Å². The van der Waals surface area contributed by atoms with Crippen molar-refractivity contribution in [1.82, 2.24) is 14.8 Å². The highest BCUT2D eigenvalue weighted by Gasteiger charge is 2.13. The van der Waals surface area contributed by atoms with Crippen LogP contribution in [0, 0.1) is 6.92 Å². The van der Waals surface area contributed by atoms with Gasteiger partial charge in [-0.1, -0.05) is 13.0 Å². The van der Waals surface area contributed by atoms with Crippen molar-refractivity contribution in [2.45, 2.75) is 20.3 Å². The molecule has 2 rings (SSSR count). The molecule has 1 amide bonds. The van der Waals surface area contributed by atoms with Crippen LogP contribution in [0.2, 0.25) is 0 Å². The summed E-state index contributed by atoms with van der Waals surface area (Å²) in [5, 5.41) is 9.95. The molecule has 1 aromatic heterocycles. The van der Waals surface area contributed by atoms with E-state index in [0.29, 0.717) is 11.5 Å². The Balaban J connectivity index is 2.22. The van der Waals surface area contributed by atoms with Crippen LogP contribution in [-0.2, 0) is 7.05 Å². The van der Waals surface area contributed by atoms with Gasteiger partial charge in [0.2, 0.25) is 5.95 Å². The fourth-order valence-electron chi connectivity index (χ4n) is 1.84. The standard InChI is InChI=1S/C14H19N5O/c1-4-7-15-12-8-10(2)5-6-11(12)13(20)18-14-16-9-17-19(14)3/h5-6,8-9,15H,4,7H2,1-3H3,(H,16,17,18,20). The lowest BCUT2D eigenvalue weighted by atomic mass is 10.1. The summed E-state index contributed by atoms with van der Waals surface area (Å²) in [7, 11) is 1.73. The van der Waals surface area contributed by atoms with Gasteiger partial charge in [-0.15, -0.1) is 0 Å². The fraction of sp³-hybridized carbons (Fsp3) is 0.357. The van der Waals surface area contributed by atoms with Crippen molar-refractivity contribution < 1.29 is 4.79 Å². The third-order valence-corrected chi connectivity index (χ3v) is 2.92. The lowest BCUT2D eigenvalue weighted by Gasteiger charge is -2.12. The van der Waals surface area contributed by atoms with Gasteiger partial charge in [0, 0.05) is 19.3 Å². The van der Waals surface area contributed by atoms with Crippen molar-refractivity contribution >= 4 is 17.5 Å². The zero-order valence-electron chi connectivity index (χ0n) is 12.0. The molecule has 0 aliphatic carbocycles. The molecule has 0 fully saturated rings. The minimum atomic E-state index is -0.195. The Bertz CT molecular complexity index is 605. The number of nitrogens with one attached hydrogen (secondary N) is 2. The first-order valence-corrected chi connectivity index (χ1v) is 6.61.